The van der Waals surface area contributed by atoms with E-state index in [-0.39, 0.29) is 29.5 Å². The molecule has 0 atom stereocenters. The van der Waals surface area contributed by atoms with Gasteiger partial charge in [-0.05, 0) is 82.2 Å². The highest BCUT2D eigenvalue weighted by Gasteiger charge is 2.37. The Balaban J connectivity index is 1.95. The third-order valence-electron chi connectivity index (χ3n) is 7.19. The van der Waals surface area contributed by atoms with E-state index in [9.17, 15) is 17.6 Å². The van der Waals surface area contributed by atoms with Crippen LogP contribution in [-0.4, -0.2) is 47.9 Å². The molecule has 2 aromatic carbocycles. The third-order valence-corrected chi connectivity index (χ3v) is 13.4. The molecule has 0 radical (unpaired) electrons. The van der Waals surface area contributed by atoms with Gasteiger partial charge in [-0.25, -0.2) is 32.7 Å². The van der Waals surface area contributed by atoms with E-state index in [2.05, 4.69) is 36.6 Å². The number of pyridine rings is 1. The number of aromatic nitrogens is 1. The standard InChI is InChI=1S/C28H34F4IN5O5SSi/c1-28(2,3)45(5,6)43-12-11-42-37-27(39)19-14-17(13-16-9-10-35-26(23(16)31)38-44(40,41)34-4)22(30)24(32)25(19)36-21-8-7-18(33)15-20(21)29/h7-10,14-15,34,36H,11-13H2,1-6H3,(H,35,38)(H,37,39). The molecule has 246 valence electrons. The van der Waals surface area contributed by atoms with Gasteiger partial charge in [0.1, 0.15) is 5.82 Å². The van der Waals surface area contributed by atoms with Crippen molar-refractivity contribution in [3.8, 4) is 0 Å². The maximum Gasteiger partial charge on any atom is 0.300 e. The second-order valence-electron chi connectivity index (χ2n) is 11.3. The van der Waals surface area contributed by atoms with E-state index in [1.165, 1.54) is 12.1 Å². The Labute approximate surface area is 274 Å². The molecule has 0 aliphatic heterocycles. The summed E-state index contributed by atoms with van der Waals surface area (Å²) in [5.74, 6) is -6.60. The van der Waals surface area contributed by atoms with E-state index in [4.69, 9.17) is 9.26 Å². The molecule has 0 saturated carbocycles. The Bertz CT molecular complexity index is 1680. The predicted octanol–water partition coefficient (Wildman–Crippen LogP) is 6.14. The molecule has 0 saturated heterocycles. The molecular weight excluding hydrogens is 749 g/mol. The minimum atomic E-state index is -4.14. The van der Waals surface area contributed by atoms with Crippen molar-refractivity contribution >= 4 is 64.2 Å². The summed E-state index contributed by atoms with van der Waals surface area (Å²) < 4.78 is 94.9. The summed E-state index contributed by atoms with van der Waals surface area (Å²) in [6.45, 7) is 10.4. The van der Waals surface area contributed by atoms with Crippen LogP contribution in [0.1, 0.15) is 42.3 Å². The van der Waals surface area contributed by atoms with Crippen molar-refractivity contribution in [2.24, 2.45) is 0 Å². The number of carbonyl (C=O) groups is 1. The van der Waals surface area contributed by atoms with Crippen LogP contribution in [0.4, 0.5) is 34.8 Å². The van der Waals surface area contributed by atoms with Gasteiger partial charge < -0.3 is 9.74 Å². The minimum Gasteiger partial charge on any atom is -0.414 e. The molecule has 0 bridgehead atoms. The average molecular weight is 784 g/mol. The number of nitrogens with one attached hydrogen (secondary N) is 4. The Morgan fingerprint density at radius 1 is 1.00 bits per heavy atom. The summed E-state index contributed by atoms with van der Waals surface area (Å²) in [4.78, 5) is 22.1. The maximum absolute atomic E-state index is 15.6. The number of nitrogens with zero attached hydrogens (tertiary/aromatic N) is 1. The molecule has 10 nitrogen and oxygen atoms in total. The van der Waals surface area contributed by atoms with Crippen molar-refractivity contribution in [1.29, 1.82) is 0 Å². The number of benzene rings is 2. The van der Waals surface area contributed by atoms with Crippen molar-refractivity contribution in [3.05, 3.63) is 80.1 Å². The van der Waals surface area contributed by atoms with Gasteiger partial charge in [0, 0.05) is 23.2 Å². The predicted molar refractivity (Wildman–Crippen MR) is 174 cm³/mol. The number of hydrogen-bond acceptors (Lipinski definition) is 7. The van der Waals surface area contributed by atoms with Crippen molar-refractivity contribution in [2.45, 2.75) is 45.3 Å². The van der Waals surface area contributed by atoms with Crippen LogP contribution in [0.3, 0.4) is 0 Å². The van der Waals surface area contributed by atoms with Crippen LogP contribution in [0.2, 0.25) is 18.1 Å². The highest BCUT2D eigenvalue weighted by atomic mass is 127. The van der Waals surface area contributed by atoms with Gasteiger partial charge in [-0.15, -0.1) is 0 Å². The molecule has 1 heterocycles. The quantitative estimate of drug-likeness (QED) is 0.0540. The first-order valence-electron chi connectivity index (χ1n) is 13.5. The van der Waals surface area contributed by atoms with Crippen LogP contribution in [0.5, 0.6) is 0 Å². The normalized spacial score (nSPS) is 12.2. The van der Waals surface area contributed by atoms with E-state index < -0.39 is 76.8 Å². The topological polar surface area (TPSA) is 131 Å². The van der Waals surface area contributed by atoms with Gasteiger partial charge in [-0.1, -0.05) is 20.8 Å². The number of anilines is 3. The van der Waals surface area contributed by atoms with E-state index in [0.29, 0.717) is 3.57 Å². The fourth-order valence-corrected chi connectivity index (χ4v) is 5.61. The third kappa shape index (κ3) is 9.35. The van der Waals surface area contributed by atoms with E-state index >= 15 is 13.2 Å². The lowest BCUT2D eigenvalue weighted by molar-refractivity contribution is 0.0184. The summed E-state index contributed by atoms with van der Waals surface area (Å²) in [5, 5.41) is 2.38. The average Bonchev–Trinajstić information content (AvgIpc) is 2.94. The Morgan fingerprint density at radius 3 is 2.31 bits per heavy atom. The molecule has 0 aliphatic carbocycles. The first-order chi connectivity index (χ1) is 20.9. The van der Waals surface area contributed by atoms with Gasteiger partial charge in [-0.3, -0.25) is 14.4 Å². The molecule has 3 rings (SSSR count). The summed E-state index contributed by atoms with van der Waals surface area (Å²) >= 11 is 1.88. The molecule has 17 heteroatoms. The van der Waals surface area contributed by atoms with Gasteiger partial charge in [0.05, 0.1) is 30.2 Å². The number of amides is 1. The van der Waals surface area contributed by atoms with Crippen LogP contribution in [0.15, 0.2) is 36.5 Å². The molecular formula is C28H34F4IN5O5SSi. The van der Waals surface area contributed by atoms with Gasteiger partial charge >= 0.3 is 0 Å². The van der Waals surface area contributed by atoms with Crippen LogP contribution in [0, 0.1) is 26.8 Å². The van der Waals surface area contributed by atoms with Gasteiger partial charge in [0.15, 0.2) is 31.6 Å². The van der Waals surface area contributed by atoms with Crippen molar-refractivity contribution < 1.29 is 40.0 Å². The molecule has 1 amide bonds. The molecule has 0 fully saturated rings. The van der Waals surface area contributed by atoms with E-state index in [0.717, 1.165) is 31.4 Å². The highest BCUT2D eigenvalue weighted by molar-refractivity contribution is 14.1. The fraction of sp³-hybridized carbons (Fsp3) is 0.357. The Kier molecular flexibility index (Phi) is 12.0. The summed E-state index contributed by atoms with van der Waals surface area (Å²) in [5.41, 5.74) is 0.0562. The summed E-state index contributed by atoms with van der Waals surface area (Å²) in [6, 6.07) is 6.07. The molecule has 0 spiro atoms. The number of hydroxylamine groups is 1. The molecule has 1 aromatic heterocycles. The molecule has 3 aromatic rings. The second kappa shape index (κ2) is 14.7. The van der Waals surface area contributed by atoms with Crippen LogP contribution >= 0.6 is 22.6 Å². The van der Waals surface area contributed by atoms with Gasteiger partial charge in [-0.2, -0.15) is 8.42 Å². The van der Waals surface area contributed by atoms with Crippen LogP contribution < -0.4 is 20.2 Å². The summed E-state index contributed by atoms with van der Waals surface area (Å²) in [7, 11) is -5.14. The number of halogens is 5. The van der Waals surface area contributed by atoms with E-state index in [1.54, 1.807) is 0 Å². The lowest BCUT2D eigenvalue weighted by Crippen LogP contribution is -2.41. The summed E-state index contributed by atoms with van der Waals surface area (Å²) in [6.07, 6.45) is 0.466. The first-order valence-corrected chi connectivity index (χ1v) is 19.0. The Hall–Kier alpha value is -2.84. The second-order valence-corrected chi connectivity index (χ2v) is 19.0. The smallest absolute Gasteiger partial charge is 0.300 e. The van der Waals surface area contributed by atoms with Crippen molar-refractivity contribution in [1.82, 2.24) is 15.2 Å². The highest BCUT2D eigenvalue weighted by Crippen LogP contribution is 2.36. The zero-order valence-corrected chi connectivity index (χ0v) is 29.3. The number of rotatable bonds is 13. The van der Waals surface area contributed by atoms with Gasteiger partial charge in [0.25, 0.3) is 16.1 Å². The first kappa shape index (κ1) is 36.6. The van der Waals surface area contributed by atoms with Crippen molar-refractivity contribution in [2.75, 3.05) is 30.3 Å². The Morgan fingerprint density at radius 2 is 1.69 bits per heavy atom. The molecule has 0 unspecified atom stereocenters. The number of carbonyl (C=O) groups excluding carboxylic acids is 1. The molecule has 0 aliphatic rings. The monoisotopic (exact) mass is 783 g/mol. The zero-order valence-electron chi connectivity index (χ0n) is 25.4. The van der Waals surface area contributed by atoms with Crippen molar-refractivity contribution in [3.63, 3.8) is 0 Å². The SMILES string of the molecule is CNS(=O)(=O)Nc1nccc(Cc2cc(C(=O)NOCCO[Si](C)(C)C(C)(C)C)c(Nc3ccc(I)cc3F)c(F)c2F)c1F. The minimum absolute atomic E-state index is 0.0587. The van der Waals surface area contributed by atoms with Crippen LogP contribution in [0.25, 0.3) is 0 Å². The maximum atomic E-state index is 15.6. The molecule has 4 N–H and O–H groups in total. The largest absolute Gasteiger partial charge is 0.414 e. The van der Waals surface area contributed by atoms with Crippen LogP contribution in [-0.2, 0) is 25.9 Å². The lowest BCUT2D eigenvalue weighted by Gasteiger charge is -2.36. The molecule has 45 heavy (non-hydrogen) atoms. The fourth-order valence-electron chi connectivity index (χ4n) is 3.64. The zero-order chi connectivity index (χ0) is 33.7. The van der Waals surface area contributed by atoms with E-state index in [1.807, 2.05) is 45.1 Å². The lowest BCUT2D eigenvalue weighted by atomic mass is 10.00. The number of hydrogen-bond donors (Lipinski definition) is 4. The van der Waals surface area contributed by atoms with Gasteiger partial charge in [0.2, 0.25) is 0 Å².